The molecule has 2 nitrogen and oxygen atoms in total. The van der Waals surface area contributed by atoms with Crippen molar-refractivity contribution in [2.45, 2.75) is 25.8 Å². The molecular weight excluding hydrogens is 286 g/mol. The first-order valence-corrected chi connectivity index (χ1v) is 7.81. The number of hydrogen-bond donors (Lipinski definition) is 1. The van der Waals surface area contributed by atoms with Gasteiger partial charge in [0, 0.05) is 38.5 Å². The maximum Gasteiger partial charge on any atom is 0.0353 e. The highest BCUT2D eigenvalue weighted by molar-refractivity contribution is 9.10. The molecule has 0 saturated carbocycles. The molecule has 1 aliphatic rings. The van der Waals surface area contributed by atoms with Crippen LogP contribution in [0.15, 0.2) is 22.7 Å². The van der Waals surface area contributed by atoms with Crippen LogP contribution in [-0.4, -0.2) is 21.8 Å². The molecule has 0 radical (unpaired) electrons. The molecule has 1 heterocycles. The second-order valence-electron chi connectivity index (χ2n) is 4.23. The largest absolute Gasteiger partial charge is 0.382 e. The Kier molecular flexibility index (Phi) is 4.03. The second-order valence-corrected chi connectivity index (χ2v) is 6.78. The second kappa shape index (κ2) is 5.32. The number of halogens is 1. The fourth-order valence-corrected chi connectivity index (χ4v) is 3.53. The van der Waals surface area contributed by atoms with E-state index in [1.807, 2.05) is 0 Å². The summed E-state index contributed by atoms with van der Waals surface area (Å²) in [6.45, 7) is 2.08. The summed E-state index contributed by atoms with van der Waals surface area (Å²) in [5.74, 6) is 1.68. The molecule has 1 saturated heterocycles. The van der Waals surface area contributed by atoms with E-state index >= 15 is 0 Å². The predicted molar refractivity (Wildman–Crippen MR) is 73.4 cm³/mol. The van der Waals surface area contributed by atoms with Gasteiger partial charge in [0.1, 0.15) is 0 Å². The van der Waals surface area contributed by atoms with Gasteiger partial charge in [-0.3, -0.25) is 4.21 Å². The van der Waals surface area contributed by atoms with Gasteiger partial charge in [0.2, 0.25) is 0 Å². The van der Waals surface area contributed by atoms with Crippen molar-refractivity contribution in [3.63, 3.8) is 0 Å². The van der Waals surface area contributed by atoms with E-state index in [0.29, 0.717) is 6.04 Å². The molecule has 0 aromatic heterocycles. The van der Waals surface area contributed by atoms with Gasteiger partial charge in [-0.1, -0.05) is 22.0 Å². The summed E-state index contributed by atoms with van der Waals surface area (Å²) in [6.07, 6.45) is 2.02. The number of nitrogens with one attached hydrogen (secondary N) is 1. The Balaban J connectivity index is 1.98. The molecule has 1 aromatic rings. The summed E-state index contributed by atoms with van der Waals surface area (Å²) < 4.78 is 12.4. The first kappa shape index (κ1) is 12.1. The molecular formula is C12H16BrNOS. The average Bonchev–Trinajstić information content (AvgIpc) is 2.27. The van der Waals surface area contributed by atoms with Crippen LogP contribution in [-0.2, 0) is 10.8 Å². The molecule has 0 bridgehead atoms. The van der Waals surface area contributed by atoms with Crippen LogP contribution >= 0.6 is 15.9 Å². The lowest BCUT2D eigenvalue weighted by Gasteiger charge is -2.23. The summed E-state index contributed by atoms with van der Waals surface area (Å²) in [7, 11) is -0.576. The van der Waals surface area contributed by atoms with Crippen molar-refractivity contribution in [2.24, 2.45) is 0 Å². The first-order chi connectivity index (χ1) is 7.65. The van der Waals surface area contributed by atoms with Crippen LogP contribution in [0, 0.1) is 6.92 Å². The maximum absolute atomic E-state index is 11.2. The fraction of sp³-hybridized carbons (Fsp3) is 0.500. The van der Waals surface area contributed by atoms with E-state index in [2.05, 4.69) is 46.4 Å². The Morgan fingerprint density at radius 3 is 2.69 bits per heavy atom. The van der Waals surface area contributed by atoms with Crippen LogP contribution < -0.4 is 5.32 Å². The zero-order valence-corrected chi connectivity index (χ0v) is 11.7. The smallest absolute Gasteiger partial charge is 0.0353 e. The van der Waals surface area contributed by atoms with Crippen molar-refractivity contribution in [2.75, 3.05) is 16.8 Å². The van der Waals surface area contributed by atoms with Crippen molar-refractivity contribution in [3.8, 4) is 0 Å². The van der Waals surface area contributed by atoms with Crippen molar-refractivity contribution in [1.29, 1.82) is 0 Å². The molecule has 1 fully saturated rings. The van der Waals surface area contributed by atoms with Gasteiger partial charge in [0.15, 0.2) is 0 Å². The maximum atomic E-state index is 11.2. The van der Waals surface area contributed by atoms with Gasteiger partial charge in [-0.15, -0.1) is 0 Å². The number of hydrogen-bond acceptors (Lipinski definition) is 2. The highest BCUT2D eigenvalue weighted by atomic mass is 79.9. The molecule has 4 heteroatoms. The molecule has 0 spiro atoms. The third-order valence-corrected chi connectivity index (χ3v) is 5.17. The summed E-state index contributed by atoms with van der Waals surface area (Å²) in [4.78, 5) is 0. The van der Waals surface area contributed by atoms with Gasteiger partial charge in [0.25, 0.3) is 0 Å². The van der Waals surface area contributed by atoms with E-state index in [-0.39, 0.29) is 0 Å². The Morgan fingerprint density at radius 1 is 1.38 bits per heavy atom. The van der Waals surface area contributed by atoms with E-state index in [4.69, 9.17) is 0 Å². The van der Waals surface area contributed by atoms with Gasteiger partial charge in [0.05, 0.1) is 0 Å². The number of benzene rings is 1. The molecule has 88 valence electrons. The molecule has 16 heavy (non-hydrogen) atoms. The molecule has 0 atom stereocenters. The Morgan fingerprint density at radius 2 is 2.06 bits per heavy atom. The summed E-state index contributed by atoms with van der Waals surface area (Å²) in [6, 6.07) is 6.80. The van der Waals surface area contributed by atoms with Crippen LogP contribution in [0.2, 0.25) is 0 Å². The molecule has 1 aliphatic heterocycles. The van der Waals surface area contributed by atoms with E-state index in [0.717, 1.165) is 34.5 Å². The summed E-state index contributed by atoms with van der Waals surface area (Å²) in [5.41, 5.74) is 2.39. The highest BCUT2D eigenvalue weighted by Crippen LogP contribution is 2.22. The molecule has 2 rings (SSSR count). The normalized spacial score (nSPS) is 25.4. The quantitative estimate of drug-likeness (QED) is 0.909. The number of anilines is 1. The van der Waals surface area contributed by atoms with Crippen molar-refractivity contribution < 1.29 is 4.21 Å². The lowest BCUT2D eigenvalue weighted by Crippen LogP contribution is -2.29. The third-order valence-electron chi connectivity index (χ3n) is 2.93. The zero-order chi connectivity index (χ0) is 11.5. The Labute approximate surface area is 107 Å². The molecule has 0 aliphatic carbocycles. The standard InChI is InChI=1S/C12H16BrNOS/c1-9-2-3-11(8-12(9)13)14-10-4-6-16(15)7-5-10/h2-3,8,10,14H,4-7H2,1H3. The van der Waals surface area contributed by atoms with Crippen LogP contribution in [0.3, 0.4) is 0 Å². The van der Waals surface area contributed by atoms with E-state index in [1.54, 1.807) is 0 Å². The van der Waals surface area contributed by atoms with Gasteiger partial charge in [-0.05, 0) is 37.5 Å². The van der Waals surface area contributed by atoms with E-state index in [1.165, 1.54) is 5.56 Å². The molecule has 1 aromatic carbocycles. The lowest BCUT2D eigenvalue weighted by molar-refractivity contribution is 0.624. The molecule has 1 N–H and O–H groups in total. The first-order valence-electron chi connectivity index (χ1n) is 5.53. The van der Waals surface area contributed by atoms with Crippen LogP contribution in [0.25, 0.3) is 0 Å². The zero-order valence-electron chi connectivity index (χ0n) is 9.33. The lowest BCUT2D eigenvalue weighted by atomic mass is 10.1. The van der Waals surface area contributed by atoms with E-state index in [9.17, 15) is 4.21 Å². The van der Waals surface area contributed by atoms with Gasteiger partial charge in [-0.25, -0.2) is 0 Å². The van der Waals surface area contributed by atoms with Crippen LogP contribution in [0.5, 0.6) is 0 Å². The van der Waals surface area contributed by atoms with Crippen molar-refractivity contribution in [1.82, 2.24) is 0 Å². The summed E-state index contributed by atoms with van der Waals surface area (Å²) >= 11 is 3.53. The predicted octanol–water partition coefficient (Wildman–Crippen LogP) is 3.08. The minimum Gasteiger partial charge on any atom is -0.382 e. The van der Waals surface area contributed by atoms with Crippen molar-refractivity contribution >= 4 is 32.4 Å². The monoisotopic (exact) mass is 301 g/mol. The molecule has 0 amide bonds. The Bertz CT molecular complexity index is 398. The van der Waals surface area contributed by atoms with Crippen LogP contribution in [0.1, 0.15) is 18.4 Å². The molecule has 0 unspecified atom stereocenters. The number of aryl methyl sites for hydroxylation is 1. The average molecular weight is 302 g/mol. The van der Waals surface area contributed by atoms with Gasteiger partial charge in [-0.2, -0.15) is 0 Å². The van der Waals surface area contributed by atoms with Crippen molar-refractivity contribution in [3.05, 3.63) is 28.2 Å². The van der Waals surface area contributed by atoms with Crippen LogP contribution in [0.4, 0.5) is 5.69 Å². The third kappa shape index (κ3) is 3.08. The minimum atomic E-state index is -0.576. The number of rotatable bonds is 2. The summed E-state index contributed by atoms with van der Waals surface area (Å²) in [5, 5.41) is 3.50. The highest BCUT2D eigenvalue weighted by Gasteiger charge is 2.17. The van der Waals surface area contributed by atoms with E-state index < -0.39 is 10.8 Å². The fourth-order valence-electron chi connectivity index (χ4n) is 1.86. The van der Waals surface area contributed by atoms with Gasteiger partial charge < -0.3 is 5.32 Å². The Hall–Kier alpha value is -0.350. The SMILES string of the molecule is Cc1ccc(NC2CCS(=O)CC2)cc1Br. The minimum absolute atomic E-state index is 0.479. The topological polar surface area (TPSA) is 29.1 Å². The van der Waals surface area contributed by atoms with Gasteiger partial charge >= 0.3 is 0 Å².